The van der Waals surface area contributed by atoms with Crippen LogP contribution in [0.1, 0.15) is 46.5 Å². The first-order chi connectivity index (χ1) is 12.1. The largest absolute Gasteiger partial charge is 0.477 e. The van der Waals surface area contributed by atoms with E-state index in [1.807, 2.05) is 4.90 Å². The normalized spacial score (nSPS) is 21.3. The van der Waals surface area contributed by atoms with Gasteiger partial charge in [-0.3, -0.25) is 4.79 Å². The fourth-order valence-electron chi connectivity index (χ4n) is 4.10. The van der Waals surface area contributed by atoms with E-state index < -0.39 is 5.97 Å². The molecule has 0 bridgehead atoms. The fourth-order valence-corrected chi connectivity index (χ4v) is 4.10. The molecule has 4 rings (SSSR count). The van der Waals surface area contributed by atoms with E-state index in [-0.39, 0.29) is 11.6 Å². The lowest BCUT2D eigenvalue weighted by atomic mass is 10.1. The van der Waals surface area contributed by atoms with Crippen LogP contribution in [-0.4, -0.2) is 64.0 Å². The van der Waals surface area contributed by atoms with E-state index in [4.69, 9.17) is 5.11 Å². The lowest BCUT2D eigenvalue weighted by Crippen LogP contribution is -2.42. The van der Waals surface area contributed by atoms with Crippen LogP contribution in [0.15, 0.2) is 24.3 Å². The van der Waals surface area contributed by atoms with Gasteiger partial charge in [0.25, 0.3) is 5.91 Å². The number of hydrogen-bond donors (Lipinski definition) is 2. The van der Waals surface area contributed by atoms with Gasteiger partial charge >= 0.3 is 5.97 Å². The van der Waals surface area contributed by atoms with Gasteiger partial charge in [-0.2, -0.15) is 0 Å². The molecule has 1 aromatic heterocycles. The summed E-state index contributed by atoms with van der Waals surface area (Å²) in [7, 11) is 0. The maximum Gasteiger partial charge on any atom is 0.352 e. The van der Waals surface area contributed by atoms with Crippen LogP contribution in [0.5, 0.6) is 0 Å². The molecule has 25 heavy (non-hydrogen) atoms. The minimum absolute atomic E-state index is 0.0571. The summed E-state index contributed by atoms with van der Waals surface area (Å²) in [5.41, 5.74) is 1.52. The van der Waals surface area contributed by atoms with E-state index in [0.717, 1.165) is 49.9 Å². The highest BCUT2D eigenvalue weighted by Gasteiger charge is 2.31. The molecule has 2 N–H and O–H groups in total. The number of hydrogen-bond acceptors (Lipinski definition) is 3. The Bertz CT molecular complexity index is 807. The molecule has 1 atom stereocenters. The molecule has 2 saturated heterocycles. The number of benzene rings is 1. The number of likely N-dealkylation sites (tertiary alicyclic amines) is 2. The zero-order chi connectivity index (χ0) is 17.4. The van der Waals surface area contributed by atoms with Crippen molar-refractivity contribution in [2.75, 3.05) is 26.2 Å². The van der Waals surface area contributed by atoms with Gasteiger partial charge in [0, 0.05) is 35.6 Å². The van der Waals surface area contributed by atoms with Crippen LogP contribution in [-0.2, 0) is 0 Å². The Hall–Kier alpha value is -2.34. The van der Waals surface area contributed by atoms with Gasteiger partial charge in [-0.05, 0) is 63.0 Å². The molecule has 0 aliphatic carbocycles. The number of fused-ring (bicyclic) bond motifs is 1. The second kappa shape index (κ2) is 6.52. The summed E-state index contributed by atoms with van der Waals surface area (Å²) in [5, 5.41) is 9.86. The number of rotatable bonds is 4. The van der Waals surface area contributed by atoms with Crippen molar-refractivity contribution in [3.05, 3.63) is 35.5 Å². The highest BCUT2D eigenvalue weighted by atomic mass is 16.4. The maximum atomic E-state index is 13.0. The van der Waals surface area contributed by atoms with Crippen LogP contribution < -0.4 is 0 Å². The standard InChI is InChI=1S/C19H23N3O3/c23-18(22-9-3-4-15(22)12-21-7-1-2-8-21)13-5-6-16-14(10-13)11-17(20-16)19(24)25/h5-6,10-11,15,20H,1-4,7-9,12H2,(H,24,25). The SMILES string of the molecule is O=C(O)c1cc2cc(C(=O)N3CCCC3CN3CCCC3)ccc2[nH]1. The smallest absolute Gasteiger partial charge is 0.352 e. The minimum atomic E-state index is -0.991. The summed E-state index contributed by atoms with van der Waals surface area (Å²) in [6.07, 6.45) is 4.64. The molecule has 2 aromatic rings. The van der Waals surface area contributed by atoms with Gasteiger partial charge < -0.3 is 19.9 Å². The van der Waals surface area contributed by atoms with Crippen molar-refractivity contribution in [2.45, 2.75) is 31.7 Å². The van der Waals surface area contributed by atoms with Crippen LogP contribution >= 0.6 is 0 Å². The Balaban J connectivity index is 1.54. The highest BCUT2D eigenvalue weighted by molar-refractivity contribution is 6.00. The molecule has 1 amide bonds. The number of H-pyrrole nitrogens is 1. The summed E-state index contributed by atoms with van der Waals surface area (Å²) in [5.74, 6) is -0.934. The molecule has 0 spiro atoms. The Labute approximate surface area is 146 Å². The number of nitrogens with zero attached hydrogens (tertiary/aromatic N) is 2. The first-order valence-electron chi connectivity index (χ1n) is 9.01. The van der Waals surface area contributed by atoms with Crippen molar-refractivity contribution < 1.29 is 14.7 Å². The van der Waals surface area contributed by atoms with Gasteiger partial charge in [0.1, 0.15) is 5.69 Å². The zero-order valence-electron chi connectivity index (χ0n) is 14.2. The first kappa shape index (κ1) is 16.1. The lowest BCUT2D eigenvalue weighted by Gasteiger charge is -2.28. The molecule has 1 unspecified atom stereocenters. The van der Waals surface area contributed by atoms with Crippen molar-refractivity contribution >= 4 is 22.8 Å². The highest BCUT2D eigenvalue weighted by Crippen LogP contribution is 2.24. The molecule has 0 saturated carbocycles. The van der Waals surface area contributed by atoms with Crippen molar-refractivity contribution in [1.29, 1.82) is 0 Å². The van der Waals surface area contributed by atoms with Gasteiger partial charge in [0.15, 0.2) is 0 Å². The molecule has 2 fully saturated rings. The quantitative estimate of drug-likeness (QED) is 0.896. The molecule has 6 heteroatoms. The molecule has 0 radical (unpaired) electrons. The Morgan fingerprint density at radius 1 is 1.12 bits per heavy atom. The van der Waals surface area contributed by atoms with Crippen molar-refractivity contribution in [1.82, 2.24) is 14.8 Å². The number of aromatic nitrogens is 1. The minimum Gasteiger partial charge on any atom is -0.477 e. The third-order valence-corrected chi connectivity index (χ3v) is 5.40. The number of carbonyl (C=O) groups is 2. The van der Waals surface area contributed by atoms with E-state index >= 15 is 0 Å². The van der Waals surface area contributed by atoms with Crippen LogP contribution in [0.4, 0.5) is 0 Å². The number of carboxylic acid groups (broad SMARTS) is 1. The van der Waals surface area contributed by atoms with Crippen molar-refractivity contribution in [3.63, 3.8) is 0 Å². The van der Waals surface area contributed by atoms with Gasteiger partial charge in [0.05, 0.1) is 0 Å². The molecule has 132 valence electrons. The van der Waals surface area contributed by atoms with E-state index in [0.29, 0.717) is 11.6 Å². The summed E-state index contributed by atoms with van der Waals surface area (Å²) in [4.78, 5) is 31.4. The predicted molar refractivity (Wildman–Crippen MR) is 95.0 cm³/mol. The number of aromatic carboxylic acids is 1. The summed E-state index contributed by atoms with van der Waals surface area (Å²) in [6.45, 7) is 4.07. The molecule has 3 heterocycles. The second-order valence-electron chi connectivity index (χ2n) is 7.09. The van der Waals surface area contributed by atoms with Crippen LogP contribution in [0, 0.1) is 0 Å². The molecule has 2 aliphatic heterocycles. The van der Waals surface area contributed by atoms with Gasteiger partial charge in [-0.25, -0.2) is 4.79 Å². The first-order valence-corrected chi connectivity index (χ1v) is 9.01. The van der Waals surface area contributed by atoms with E-state index in [2.05, 4.69) is 9.88 Å². The number of carbonyl (C=O) groups excluding carboxylic acids is 1. The third-order valence-electron chi connectivity index (χ3n) is 5.40. The Kier molecular flexibility index (Phi) is 4.21. The molecule has 2 aliphatic rings. The molecule has 1 aromatic carbocycles. The summed E-state index contributed by atoms with van der Waals surface area (Å²) >= 11 is 0. The van der Waals surface area contributed by atoms with Gasteiger partial charge in [-0.1, -0.05) is 0 Å². The number of carboxylic acids is 1. The molecule has 6 nitrogen and oxygen atoms in total. The Morgan fingerprint density at radius 3 is 2.68 bits per heavy atom. The number of nitrogens with one attached hydrogen (secondary N) is 1. The molecular formula is C19H23N3O3. The summed E-state index contributed by atoms with van der Waals surface area (Å²) in [6, 6.07) is 7.26. The maximum absolute atomic E-state index is 13.0. The Morgan fingerprint density at radius 2 is 1.92 bits per heavy atom. The fraction of sp³-hybridized carbons (Fsp3) is 0.474. The van der Waals surface area contributed by atoms with Gasteiger partial charge in [-0.15, -0.1) is 0 Å². The topological polar surface area (TPSA) is 76.6 Å². The van der Waals surface area contributed by atoms with E-state index in [1.54, 1.807) is 24.3 Å². The van der Waals surface area contributed by atoms with Crippen LogP contribution in [0.2, 0.25) is 0 Å². The number of amides is 1. The van der Waals surface area contributed by atoms with E-state index in [9.17, 15) is 9.59 Å². The second-order valence-corrected chi connectivity index (χ2v) is 7.09. The monoisotopic (exact) mass is 341 g/mol. The van der Waals surface area contributed by atoms with Crippen molar-refractivity contribution in [2.24, 2.45) is 0 Å². The summed E-state index contributed by atoms with van der Waals surface area (Å²) < 4.78 is 0. The van der Waals surface area contributed by atoms with E-state index in [1.165, 1.54) is 12.8 Å². The van der Waals surface area contributed by atoms with Crippen LogP contribution in [0.3, 0.4) is 0 Å². The van der Waals surface area contributed by atoms with Gasteiger partial charge in [0.2, 0.25) is 0 Å². The molecular weight excluding hydrogens is 318 g/mol. The average Bonchev–Trinajstić information content (AvgIpc) is 3.34. The third kappa shape index (κ3) is 3.14. The predicted octanol–water partition coefficient (Wildman–Crippen LogP) is 2.57. The van der Waals surface area contributed by atoms with Crippen LogP contribution in [0.25, 0.3) is 10.9 Å². The van der Waals surface area contributed by atoms with Crippen molar-refractivity contribution in [3.8, 4) is 0 Å². The zero-order valence-corrected chi connectivity index (χ0v) is 14.2. The number of aromatic amines is 1. The average molecular weight is 341 g/mol. The lowest BCUT2D eigenvalue weighted by molar-refractivity contribution is 0.0688.